The standard InChI is InChI=1S/C20H21N5O/c1-26-18-5-3-2-4-15(18)13-22-19-12-17(14-8-10-21-11-9-14)24-20(25-19)23-16-6-7-16/h2-5,8-12,16H,6-7,13H2,1H3,(H2,22,23,24,25). The van der Waals surface area contributed by atoms with Gasteiger partial charge >= 0.3 is 0 Å². The van der Waals surface area contributed by atoms with Gasteiger partial charge in [-0.15, -0.1) is 0 Å². The van der Waals surface area contributed by atoms with Gasteiger partial charge in [-0.2, -0.15) is 4.98 Å². The fraction of sp³-hybridized carbons (Fsp3) is 0.250. The second kappa shape index (κ2) is 7.39. The highest BCUT2D eigenvalue weighted by molar-refractivity contribution is 5.64. The maximum absolute atomic E-state index is 5.42. The molecule has 0 radical (unpaired) electrons. The lowest BCUT2D eigenvalue weighted by Crippen LogP contribution is -2.09. The van der Waals surface area contributed by atoms with Gasteiger partial charge in [0.1, 0.15) is 11.6 Å². The summed E-state index contributed by atoms with van der Waals surface area (Å²) in [7, 11) is 1.68. The number of rotatable bonds is 7. The molecule has 1 aliphatic rings. The van der Waals surface area contributed by atoms with Gasteiger partial charge in [0.15, 0.2) is 0 Å². The fourth-order valence-electron chi connectivity index (χ4n) is 2.72. The summed E-state index contributed by atoms with van der Waals surface area (Å²) >= 11 is 0. The molecule has 1 fully saturated rings. The van der Waals surface area contributed by atoms with Crippen LogP contribution in [0.2, 0.25) is 0 Å². The third-order valence-electron chi connectivity index (χ3n) is 4.27. The lowest BCUT2D eigenvalue weighted by atomic mass is 10.2. The van der Waals surface area contributed by atoms with Crippen molar-refractivity contribution in [1.29, 1.82) is 0 Å². The van der Waals surface area contributed by atoms with Crippen molar-refractivity contribution < 1.29 is 4.74 Å². The van der Waals surface area contributed by atoms with Crippen LogP contribution in [0.25, 0.3) is 11.3 Å². The van der Waals surface area contributed by atoms with Gasteiger partial charge in [-0.1, -0.05) is 18.2 Å². The van der Waals surface area contributed by atoms with Crippen LogP contribution in [0.3, 0.4) is 0 Å². The Kier molecular flexibility index (Phi) is 4.64. The van der Waals surface area contributed by atoms with Crippen molar-refractivity contribution in [2.24, 2.45) is 0 Å². The number of hydrogen-bond donors (Lipinski definition) is 2. The molecule has 0 bridgehead atoms. The molecule has 0 spiro atoms. The van der Waals surface area contributed by atoms with Crippen molar-refractivity contribution in [3.8, 4) is 17.0 Å². The average Bonchev–Trinajstić information content (AvgIpc) is 3.51. The second-order valence-corrected chi connectivity index (χ2v) is 6.28. The van der Waals surface area contributed by atoms with E-state index in [1.807, 2.05) is 42.5 Å². The second-order valence-electron chi connectivity index (χ2n) is 6.28. The molecule has 26 heavy (non-hydrogen) atoms. The number of pyridine rings is 1. The highest BCUT2D eigenvalue weighted by atomic mass is 16.5. The van der Waals surface area contributed by atoms with Gasteiger partial charge in [0, 0.05) is 42.2 Å². The minimum absolute atomic E-state index is 0.491. The van der Waals surface area contributed by atoms with E-state index >= 15 is 0 Å². The first-order valence-electron chi connectivity index (χ1n) is 8.73. The topological polar surface area (TPSA) is 72.0 Å². The maximum Gasteiger partial charge on any atom is 0.225 e. The highest BCUT2D eigenvalue weighted by Crippen LogP contribution is 2.27. The molecule has 132 valence electrons. The third-order valence-corrected chi connectivity index (χ3v) is 4.27. The summed E-state index contributed by atoms with van der Waals surface area (Å²) in [6, 6.07) is 14.3. The highest BCUT2D eigenvalue weighted by Gasteiger charge is 2.22. The monoisotopic (exact) mass is 347 g/mol. The Bertz CT molecular complexity index is 880. The Balaban J connectivity index is 1.59. The zero-order valence-electron chi connectivity index (χ0n) is 14.6. The van der Waals surface area contributed by atoms with Crippen LogP contribution in [0.1, 0.15) is 18.4 Å². The number of methoxy groups -OCH3 is 1. The molecule has 1 aliphatic carbocycles. The van der Waals surface area contributed by atoms with E-state index in [4.69, 9.17) is 4.74 Å². The van der Waals surface area contributed by atoms with Crippen LogP contribution in [0.5, 0.6) is 5.75 Å². The van der Waals surface area contributed by atoms with E-state index in [-0.39, 0.29) is 0 Å². The summed E-state index contributed by atoms with van der Waals surface area (Å²) in [5.41, 5.74) is 2.96. The SMILES string of the molecule is COc1ccccc1CNc1cc(-c2ccncc2)nc(NC2CC2)n1. The zero-order chi connectivity index (χ0) is 17.8. The quantitative estimate of drug-likeness (QED) is 0.678. The molecule has 2 heterocycles. The van der Waals surface area contributed by atoms with E-state index in [9.17, 15) is 0 Å². The molecule has 1 aromatic carbocycles. The minimum Gasteiger partial charge on any atom is -0.496 e. The zero-order valence-corrected chi connectivity index (χ0v) is 14.6. The molecule has 0 atom stereocenters. The van der Waals surface area contributed by atoms with Gasteiger partial charge in [-0.3, -0.25) is 4.98 Å². The summed E-state index contributed by atoms with van der Waals surface area (Å²) in [4.78, 5) is 13.4. The number of ether oxygens (including phenoxy) is 1. The number of para-hydroxylation sites is 1. The molecule has 6 heteroatoms. The van der Waals surface area contributed by atoms with Crippen molar-refractivity contribution in [3.63, 3.8) is 0 Å². The van der Waals surface area contributed by atoms with Crippen LogP contribution in [-0.4, -0.2) is 28.1 Å². The first-order valence-corrected chi connectivity index (χ1v) is 8.73. The molecule has 4 rings (SSSR count). The van der Waals surface area contributed by atoms with Gasteiger partial charge in [0.05, 0.1) is 12.8 Å². The summed E-state index contributed by atoms with van der Waals surface area (Å²) < 4.78 is 5.42. The number of aromatic nitrogens is 3. The normalized spacial score (nSPS) is 13.3. The Morgan fingerprint density at radius 3 is 2.65 bits per heavy atom. The van der Waals surface area contributed by atoms with Crippen LogP contribution < -0.4 is 15.4 Å². The molecule has 2 N–H and O–H groups in total. The first-order chi connectivity index (χ1) is 12.8. The van der Waals surface area contributed by atoms with Crippen LogP contribution >= 0.6 is 0 Å². The Labute approximate surface area is 152 Å². The van der Waals surface area contributed by atoms with Gasteiger partial charge in [0.2, 0.25) is 5.95 Å². The van der Waals surface area contributed by atoms with Crippen LogP contribution in [0.4, 0.5) is 11.8 Å². The first kappa shape index (κ1) is 16.3. The smallest absolute Gasteiger partial charge is 0.225 e. The van der Waals surface area contributed by atoms with E-state index in [2.05, 4.69) is 25.6 Å². The molecule has 0 aliphatic heterocycles. The number of hydrogen-bond acceptors (Lipinski definition) is 6. The van der Waals surface area contributed by atoms with E-state index in [1.54, 1.807) is 19.5 Å². The Hall–Kier alpha value is -3.15. The summed E-state index contributed by atoms with van der Waals surface area (Å²) in [5.74, 6) is 2.30. The predicted molar refractivity (Wildman–Crippen MR) is 102 cm³/mol. The largest absolute Gasteiger partial charge is 0.496 e. The minimum atomic E-state index is 0.491. The third kappa shape index (κ3) is 3.91. The lowest BCUT2D eigenvalue weighted by molar-refractivity contribution is 0.410. The maximum atomic E-state index is 5.42. The van der Waals surface area contributed by atoms with Crippen molar-refractivity contribution >= 4 is 11.8 Å². The van der Waals surface area contributed by atoms with E-state index < -0.39 is 0 Å². The molecule has 0 unspecified atom stereocenters. The van der Waals surface area contributed by atoms with Gasteiger partial charge in [-0.05, 0) is 31.0 Å². The Morgan fingerprint density at radius 2 is 1.88 bits per heavy atom. The molecular formula is C20H21N5O. The van der Waals surface area contributed by atoms with Gasteiger partial charge in [0.25, 0.3) is 0 Å². The summed E-state index contributed by atoms with van der Waals surface area (Å²) in [6.07, 6.45) is 5.89. The molecule has 0 amide bonds. The van der Waals surface area contributed by atoms with Crippen LogP contribution in [-0.2, 0) is 6.54 Å². The van der Waals surface area contributed by atoms with Gasteiger partial charge in [-0.25, -0.2) is 4.98 Å². The van der Waals surface area contributed by atoms with E-state index in [0.29, 0.717) is 18.5 Å². The molecular weight excluding hydrogens is 326 g/mol. The number of anilines is 2. The van der Waals surface area contributed by atoms with E-state index in [1.165, 1.54) is 12.8 Å². The summed E-state index contributed by atoms with van der Waals surface area (Å²) in [5, 5.41) is 6.78. The Morgan fingerprint density at radius 1 is 1.08 bits per heavy atom. The average molecular weight is 347 g/mol. The number of nitrogens with zero attached hydrogens (tertiary/aromatic N) is 3. The molecule has 2 aromatic heterocycles. The molecule has 6 nitrogen and oxygen atoms in total. The van der Waals surface area contributed by atoms with Crippen molar-refractivity contribution in [1.82, 2.24) is 15.0 Å². The van der Waals surface area contributed by atoms with Crippen LogP contribution in [0.15, 0.2) is 54.9 Å². The lowest BCUT2D eigenvalue weighted by Gasteiger charge is -2.12. The predicted octanol–water partition coefficient (Wildman–Crippen LogP) is 3.73. The number of nitrogens with one attached hydrogen (secondary N) is 2. The molecule has 3 aromatic rings. The van der Waals surface area contributed by atoms with Crippen LogP contribution in [0, 0.1) is 0 Å². The molecule has 0 saturated heterocycles. The van der Waals surface area contributed by atoms with Crippen molar-refractivity contribution in [3.05, 3.63) is 60.4 Å². The van der Waals surface area contributed by atoms with Crippen molar-refractivity contribution in [2.45, 2.75) is 25.4 Å². The molecule has 1 saturated carbocycles. The number of benzene rings is 1. The van der Waals surface area contributed by atoms with Gasteiger partial charge < -0.3 is 15.4 Å². The van der Waals surface area contributed by atoms with Crippen molar-refractivity contribution in [2.75, 3.05) is 17.7 Å². The van der Waals surface area contributed by atoms with E-state index in [0.717, 1.165) is 28.4 Å². The fourth-order valence-corrected chi connectivity index (χ4v) is 2.72. The summed E-state index contributed by atoms with van der Waals surface area (Å²) in [6.45, 7) is 0.625.